The summed E-state index contributed by atoms with van der Waals surface area (Å²) in [5.41, 5.74) is 5.15. The largest absolute Gasteiger partial charge is 0.358 e. The lowest BCUT2D eigenvalue weighted by molar-refractivity contribution is 0.102. The Hall–Kier alpha value is -3.15. The molecule has 3 N–H and O–H groups in total. The summed E-state index contributed by atoms with van der Waals surface area (Å²) in [7, 11) is 0. The van der Waals surface area contributed by atoms with Crippen LogP contribution in [0.1, 0.15) is 38.4 Å². The molecule has 0 spiro atoms. The van der Waals surface area contributed by atoms with Crippen molar-refractivity contribution in [1.29, 1.82) is 10.7 Å². The maximum atomic E-state index is 12.8. The van der Waals surface area contributed by atoms with Crippen LogP contribution in [0, 0.1) is 30.6 Å². The molecule has 0 aliphatic carbocycles. The molecule has 1 amide bonds. The van der Waals surface area contributed by atoms with Gasteiger partial charge in [-0.2, -0.15) is 5.26 Å². The summed E-state index contributed by atoms with van der Waals surface area (Å²) in [6.45, 7) is 3.57. The van der Waals surface area contributed by atoms with Gasteiger partial charge in [-0.25, -0.2) is 4.98 Å². The number of pyridine rings is 2. The third kappa shape index (κ3) is 5.55. The van der Waals surface area contributed by atoms with Crippen molar-refractivity contribution in [2.24, 2.45) is 0 Å². The number of hydrogen-bond donors (Lipinski definition) is 3. The van der Waals surface area contributed by atoms with Gasteiger partial charge in [-0.1, -0.05) is 6.07 Å². The van der Waals surface area contributed by atoms with E-state index < -0.39 is 0 Å². The first-order chi connectivity index (χ1) is 15.4. The number of halogens is 1. The highest BCUT2D eigenvalue weighted by atomic mass is 127. The maximum Gasteiger partial charge on any atom is 0.274 e. The van der Waals surface area contributed by atoms with E-state index >= 15 is 0 Å². The highest BCUT2D eigenvalue weighted by molar-refractivity contribution is 14.2. The van der Waals surface area contributed by atoms with E-state index in [1.54, 1.807) is 44.3 Å². The quantitative estimate of drug-likeness (QED) is 0.198. The second-order valence-corrected chi connectivity index (χ2v) is 8.87. The van der Waals surface area contributed by atoms with Crippen LogP contribution >= 0.6 is 28.4 Å². The van der Waals surface area contributed by atoms with Gasteiger partial charge in [0.1, 0.15) is 11.8 Å². The molecular weight excluding hydrogens is 534 g/mol. The number of amides is 1. The molecule has 0 saturated heterocycles. The summed E-state index contributed by atoms with van der Waals surface area (Å²) in [6, 6.07) is 13.0. The Morgan fingerprint density at radius 2 is 2.03 bits per heavy atom. The van der Waals surface area contributed by atoms with E-state index in [1.807, 2.05) is 24.3 Å². The van der Waals surface area contributed by atoms with Crippen LogP contribution in [-0.4, -0.2) is 21.6 Å². The molecule has 7 nitrogen and oxygen atoms in total. The van der Waals surface area contributed by atoms with Gasteiger partial charge >= 0.3 is 0 Å². The lowest BCUT2D eigenvalue weighted by Gasteiger charge is -2.13. The predicted molar refractivity (Wildman–Crippen MR) is 139 cm³/mol. The van der Waals surface area contributed by atoms with Crippen molar-refractivity contribution in [3.05, 3.63) is 88.5 Å². The minimum absolute atomic E-state index is 0.268. The minimum atomic E-state index is -0.368. The van der Waals surface area contributed by atoms with Crippen molar-refractivity contribution < 1.29 is 4.79 Å². The Kier molecular flexibility index (Phi) is 8.03. The summed E-state index contributed by atoms with van der Waals surface area (Å²) < 4.78 is 0. The van der Waals surface area contributed by atoms with Gasteiger partial charge in [0.2, 0.25) is 0 Å². The summed E-state index contributed by atoms with van der Waals surface area (Å²) >= 11 is 2.23. The summed E-state index contributed by atoms with van der Waals surface area (Å²) in [4.78, 5) is 21.2. The monoisotopic (exact) mass is 554 g/mol. The average molecular weight is 554 g/mol. The van der Waals surface area contributed by atoms with E-state index in [1.165, 1.54) is 6.20 Å². The molecule has 0 saturated carbocycles. The number of aromatic nitrogens is 2. The average Bonchev–Trinajstić information content (AvgIpc) is 2.81. The molecule has 2 heterocycles. The van der Waals surface area contributed by atoms with Crippen LogP contribution in [-0.2, 0) is 0 Å². The van der Waals surface area contributed by atoms with Gasteiger partial charge < -0.3 is 15.8 Å². The van der Waals surface area contributed by atoms with Crippen LogP contribution in [0.4, 0.5) is 11.4 Å². The molecule has 0 aliphatic heterocycles. The molecule has 0 fully saturated rings. The molecule has 1 atom stereocenters. The predicted octanol–water partition coefficient (Wildman–Crippen LogP) is 5.65. The van der Waals surface area contributed by atoms with Gasteiger partial charge in [-0.15, -0.1) is 0 Å². The Labute approximate surface area is 201 Å². The first-order valence-corrected chi connectivity index (χ1v) is 13.7. The number of carbonyl (C=O) groups excluding carboxylic acids is 1. The number of rotatable bonds is 7. The van der Waals surface area contributed by atoms with Crippen molar-refractivity contribution in [3.63, 3.8) is 0 Å². The van der Waals surface area contributed by atoms with Crippen LogP contribution in [0.3, 0.4) is 0 Å². The fourth-order valence-electron chi connectivity index (χ4n) is 2.97. The Bertz CT molecular complexity index is 1240. The number of nitriles is 1. The topological polar surface area (TPSA) is 115 Å². The number of carbonyl (C=O) groups is 1. The third-order valence-electron chi connectivity index (χ3n) is 4.84. The molecule has 0 aliphatic rings. The minimum Gasteiger partial charge on any atom is -0.358 e. The second-order valence-electron chi connectivity index (χ2n) is 6.82. The maximum absolute atomic E-state index is 12.8. The molecular formula is C23H20IN6OP. The van der Waals surface area contributed by atoms with Crippen LogP contribution in [0.5, 0.6) is 0 Å². The van der Waals surface area contributed by atoms with Crippen molar-refractivity contribution >= 4 is 57.5 Å². The van der Waals surface area contributed by atoms with Crippen molar-refractivity contribution in [2.45, 2.75) is 13.8 Å². The van der Waals surface area contributed by atoms with Gasteiger partial charge in [0, 0.05) is 35.7 Å². The molecule has 9 heteroatoms. The first kappa shape index (κ1) is 23.5. The van der Waals surface area contributed by atoms with Crippen LogP contribution in [0.2, 0.25) is 0 Å². The zero-order valence-corrected chi connectivity index (χ0v) is 20.6. The van der Waals surface area contributed by atoms with Crippen molar-refractivity contribution in [1.82, 2.24) is 9.97 Å². The number of nitrogens with zero attached hydrogens (tertiary/aromatic N) is 3. The molecule has 3 aromatic rings. The summed E-state index contributed by atoms with van der Waals surface area (Å²) in [5, 5.41) is 23.8. The highest BCUT2D eigenvalue weighted by Gasteiger charge is 2.16. The van der Waals surface area contributed by atoms with Gasteiger partial charge in [-0.3, -0.25) is 9.78 Å². The molecule has 0 bridgehead atoms. The first-order valence-electron chi connectivity index (χ1n) is 9.56. The molecule has 2 aromatic heterocycles. The number of allylic oxidation sites excluding steroid dienone is 1. The number of anilines is 2. The van der Waals surface area contributed by atoms with Gasteiger partial charge in [-0.05, 0) is 89.5 Å². The van der Waals surface area contributed by atoms with Crippen LogP contribution < -0.4 is 10.4 Å². The Morgan fingerprint density at radius 3 is 2.72 bits per heavy atom. The van der Waals surface area contributed by atoms with E-state index in [4.69, 9.17) is 10.7 Å². The summed E-state index contributed by atoms with van der Waals surface area (Å²) in [6.07, 6.45) is 6.99. The Balaban J connectivity index is 1.88. The van der Waals surface area contributed by atoms with Gasteiger partial charge in [0.05, 0.1) is 17.0 Å². The fraction of sp³-hybridized carbons (Fsp3) is 0.0870. The molecule has 1 unspecified atom stereocenters. The third-order valence-corrected chi connectivity index (χ3v) is 6.01. The SMILES string of the molecule is Cc1c(C#N)cnc(C(=O)Nc2ccc(NPI)c(C(=N)/C=C/c3ccccn3)c2)c1C. The lowest BCUT2D eigenvalue weighted by atomic mass is 10.0. The van der Waals surface area contributed by atoms with E-state index in [-0.39, 0.29) is 17.3 Å². The second kappa shape index (κ2) is 10.9. The van der Waals surface area contributed by atoms with Gasteiger partial charge in [0.25, 0.3) is 5.91 Å². The molecule has 0 radical (unpaired) electrons. The zero-order valence-electron chi connectivity index (χ0n) is 17.4. The number of benzene rings is 1. The molecule has 3 rings (SSSR count). The molecule has 160 valence electrons. The fourth-order valence-corrected chi connectivity index (χ4v) is 4.16. The summed E-state index contributed by atoms with van der Waals surface area (Å²) in [5.74, 6) is -0.368. The normalized spacial score (nSPS) is 10.9. The number of hydrogen-bond acceptors (Lipinski definition) is 6. The molecule has 1 aromatic carbocycles. The zero-order chi connectivity index (χ0) is 23.1. The van der Waals surface area contributed by atoms with Crippen LogP contribution in [0.15, 0.2) is 54.9 Å². The van der Waals surface area contributed by atoms with Crippen molar-refractivity contribution in [3.8, 4) is 6.07 Å². The van der Waals surface area contributed by atoms with Crippen molar-refractivity contribution in [2.75, 3.05) is 10.4 Å². The molecule has 32 heavy (non-hydrogen) atoms. The van der Waals surface area contributed by atoms with Gasteiger partial charge in [0.15, 0.2) is 0 Å². The highest BCUT2D eigenvalue weighted by Crippen LogP contribution is 2.29. The lowest BCUT2D eigenvalue weighted by Crippen LogP contribution is -2.17. The van der Waals surface area contributed by atoms with Crippen LogP contribution in [0.25, 0.3) is 6.08 Å². The van der Waals surface area contributed by atoms with E-state index in [0.29, 0.717) is 28.8 Å². The smallest absolute Gasteiger partial charge is 0.274 e. The van der Waals surface area contributed by atoms with E-state index in [2.05, 4.69) is 48.5 Å². The Morgan fingerprint density at radius 1 is 1.22 bits per heavy atom. The van der Waals surface area contributed by atoms with E-state index in [9.17, 15) is 4.79 Å². The number of nitrogens with one attached hydrogen (secondary N) is 3. The van der Waals surface area contributed by atoms with E-state index in [0.717, 1.165) is 16.9 Å². The standard InChI is InChI=1S/C23H20IN6OP/c1-14-15(2)22(28-13-16(14)12-25)23(31)29-18-7-9-21(30-32-24)19(11-18)20(26)8-6-17-5-3-4-10-27-17/h3-11,13,26,30,32H,1-2H3,(H,29,31)/b8-6+,26-20?.